The molecule has 2 heterocycles. The third-order valence-electron chi connectivity index (χ3n) is 7.27. The van der Waals surface area contributed by atoms with Crippen LogP contribution in [0.5, 0.6) is 0 Å². The van der Waals surface area contributed by atoms with Crippen molar-refractivity contribution < 1.29 is 0 Å². The highest BCUT2D eigenvalue weighted by Crippen LogP contribution is 2.40. The molecule has 2 heteroatoms. The first-order chi connectivity index (χ1) is 16.9. The van der Waals surface area contributed by atoms with Gasteiger partial charge in [-0.1, -0.05) is 60.2 Å². The van der Waals surface area contributed by atoms with E-state index in [1.165, 1.54) is 72.5 Å². The SMILES string of the molecule is C/C(=C\c1ccc(C)cc1)c1ccc2c(c1)Cc1cc(-c3cc4ccc(C)cc4[nH]3)ccc1N2C. The van der Waals surface area contributed by atoms with Gasteiger partial charge in [0.1, 0.15) is 0 Å². The number of benzene rings is 4. The smallest absolute Gasteiger partial charge is 0.0464 e. The van der Waals surface area contributed by atoms with Crippen molar-refractivity contribution in [3.8, 4) is 11.3 Å². The van der Waals surface area contributed by atoms with Crippen molar-refractivity contribution >= 4 is 33.9 Å². The van der Waals surface area contributed by atoms with Gasteiger partial charge in [0.2, 0.25) is 0 Å². The number of aromatic nitrogens is 1. The molecular weight excluding hydrogens is 424 g/mol. The van der Waals surface area contributed by atoms with Gasteiger partial charge in [0.05, 0.1) is 0 Å². The predicted octanol–water partition coefficient (Wildman–Crippen LogP) is 8.68. The number of allylic oxidation sites excluding steroid dienone is 1. The average molecular weight is 455 g/mol. The number of aromatic amines is 1. The number of hydrogen-bond acceptors (Lipinski definition) is 1. The van der Waals surface area contributed by atoms with Crippen molar-refractivity contribution in [3.05, 3.63) is 118 Å². The van der Waals surface area contributed by atoms with Gasteiger partial charge >= 0.3 is 0 Å². The van der Waals surface area contributed by atoms with E-state index in [1.807, 2.05) is 0 Å². The van der Waals surface area contributed by atoms with Crippen molar-refractivity contribution in [2.75, 3.05) is 11.9 Å². The lowest BCUT2D eigenvalue weighted by Crippen LogP contribution is -2.18. The van der Waals surface area contributed by atoms with Gasteiger partial charge in [0.25, 0.3) is 0 Å². The topological polar surface area (TPSA) is 19.0 Å². The highest BCUT2D eigenvalue weighted by atomic mass is 15.1. The molecule has 0 fully saturated rings. The summed E-state index contributed by atoms with van der Waals surface area (Å²) in [6, 6.07) is 31.3. The fourth-order valence-electron chi connectivity index (χ4n) is 5.25. The Bertz CT molecular complexity index is 1600. The van der Waals surface area contributed by atoms with Gasteiger partial charge in [-0.2, -0.15) is 0 Å². The molecule has 172 valence electrons. The first-order valence-corrected chi connectivity index (χ1v) is 12.3. The molecule has 0 saturated heterocycles. The van der Waals surface area contributed by atoms with Crippen molar-refractivity contribution in [2.45, 2.75) is 27.2 Å². The van der Waals surface area contributed by atoms with Crippen LogP contribution in [0.15, 0.2) is 84.9 Å². The number of rotatable bonds is 3. The highest BCUT2D eigenvalue weighted by Gasteiger charge is 2.21. The summed E-state index contributed by atoms with van der Waals surface area (Å²) in [6.07, 6.45) is 3.21. The Morgan fingerprint density at radius 2 is 1.49 bits per heavy atom. The minimum atomic E-state index is 0.938. The lowest BCUT2D eigenvalue weighted by molar-refractivity contribution is 1.05. The van der Waals surface area contributed by atoms with Crippen molar-refractivity contribution in [1.29, 1.82) is 0 Å². The summed E-state index contributed by atoms with van der Waals surface area (Å²) in [7, 11) is 2.18. The Morgan fingerprint density at radius 1 is 0.771 bits per heavy atom. The van der Waals surface area contributed by atoms with Crippen molar-refractivity contribution in [2.24, 2.45) is 0 Å². The molecule has 0 aliphatic carbocycles. The maximum atomic E-state index is 3.62. The zero-order valence-corrected chi connectivity index (χ0v) is 20.8. The Morgan fingerprint density at radius 3 is 2.29 bits per heavy atom. The molecule has 0 atom stereocenters. The summed E-state index contributed by atoms with van der Waals surface area (Å²) in [4.78, 5) is 5.95. The van der Waals surface area contributed by atoms with Crippen LogP contribution in [0.2, 0.25) is 0 Å². The molecule has 0 spiro atoms. The molecule has 0 unspecified atom stereocenters. The third kappa shape index (κ3) is 3.95. The molecule has 1 aromatic heterocycles. The van der Waals surface area contributed by atoms with Crippen LogP contribution in [0, 0.1) is 13.8 Å². The summed E-state index contributed by atoms with van der Waals surface area (Å²) in [5.41, 5.74) is 15.3. The second-order valence-corrected chi connectivity index (χ2v) is 9.93. The molecule has 5 aromatic rings. The number of H-pyrrole nitrogens is 1. The molecule has 4 aromatic carbocycles. The monoisotopic (exact) mass is 454 g/mol. The van der Waals surface area contributed by atoms with Gasteiger partial charge in [-0.3, -0.25) is 0 Å². The Hall–Kier alpha value is -4.04. The summed E-state index contributed by atoms with van der Waals surface area (Å²) in [5, 5.41) is 1.26. The quantitative estimate of drug-likeness (QED) is 0.270. The van der Waals surface area contributed by atoms with Crippen LogP contribution in [-0.4, -0.2) is 12.0 Å². The molecule has 1 aliphatic heterocycles. The van der Waals surface area contributed by atoms with Gasteiger partial charge in [-0.15, -0.1) is 0 Å². The standard InChI is InChI=1S/C33H30N2/c1-21-5-8-24(9-6-21)16-23(3)25-11-13-32-28(17-25)19-29-18-26(12-14-33(29)35(32)4)31-20-27-10-7-22(2)15-30(27)34-31/h5-18,20,34H,19H2,1-4H3/b23-16+. The average Bonchev–Trinajstić information content (AvgIpc) is 3.28. The van der Waals surface area contributed by atoms with Crippen LogP contribution in [0.25, 0.3) is 33.8 Å². The summed E-state index contributed by atoms with van der Waals surface area (Å²) < 4.78 is 0. The molecule has 0 radical (unpaired) electrons. The van der Waals surface area contributed by atoms with E-state index in [0.717, 1.165) is 6.42 Å². The Labute approximate surface area is 207 Å². The largest absolute Gasteiger partial charge is 0.355 e. The molecule has 2 nitrogen and oxygen atoms in total. The number of aryl methyl sites for hydroxylation is 2. The van der Waals surface area contributed by atoms with Crippen LogP contribution in [0.1, 0.15) is 40.3 Å². The first kappa shape index (κ1) is 21.5. The lowest BCUT2D eigenvalue weighted by atomic mass is 9.91. The molecule has 1 aliphatic rings. The van der Waals surface area contributed by atoms with E-state index in [1.54, 1.807) is 0 Å². The minimum absolute atomic E-state index is 0.938. The zero-order chi connectivity index (χ0) is 24.1. The fourth-order valence-corrected chi connectivity index (χ4v) is 5.25. The number of hydrogen-bond donors (Lipinski definition) is 1. The van der Waals surface area contributed by atoms with Crippen LogP contribution >= 0.6 is 0 Å². The predicted molar refractivity (Wildman–Crippen MR) is 151 cm³/mol. The summed E-state index contributed by atoms with van der Waals surface area (Å²) in [5.74, 6) is 0. The molecule has 0 bridgehead atoms. The lowest BCUT2D eigenvalue weighted by Gasteiger charge is -2.31. The molecule has 1 N–H and O–H groups in total. The normalized spacial score (nSPS) is 13.1. The maximum Gasteiger partial charge on any atom is 0.0464 e. The van der Waals surface area contributed by atoms with Crippen molar-refractivity contribution in [1.82, 2.24) is 4.98 Å². The number of nitrogens with zero attached hydrogens (tertiary/aromatic N) is 1. The van der Waals surface area contributed by atoms with Gasteiger partial charge in [-0.25, -0.2) is 0 Å². The number of nitrogens with one attached hydrogen (secondary N) is 1. The second kappa shape index (κ2) is 8.32. The van der Waals surface area contributed by atoms with Gasteiger partial charge in [0.15, 0.2) is 0 Å². The number of anilines is 2. The van der Waals surface area contributed by atoms with Crippen LogP contribution < -0.4 is 4.90 Å². The van der Waals surface area contributed by atoms with Crippen LogP contribution in [-0.2, 0) is 6.42 Å². The Kier molecular flexibility index (Phi) is 5.11. The fraction of sp³-hybridized carbons (Fsp3) is 0.152. The summed E-state index contributed by atoms with van der Waals surface area (Å²) >= 11 is 0. The highest BCUT2D eigenvalue weighted by molar-refractivity contribution is 5.88. The van der Waals surface area contributed by atoms with Gasteiger partial charge in [0, 0.05) is 41.4 Å². The van der Waals surface area contributed by atoms with E-state index in [4.69, 9.17) is 0 Å². The first-order valence-electron chi connectivity index (χ1n) is 12.3. The molecule has 0 amide bonds. The van der Waals surface area contributed by atoms with Crippen LogP contribution in [0.4, 0.5) is 11.4 Å². The molecule has 0 saturated carbocycles. The zero-order valence-electron chi connectivity index (χ0n) is 20.8. The summed E-state index contributed by atoms with van der Waals surface area (Å²) in [6.45, 7) is 6.47. The Balaban J connectivity index is 1.34. The van der Waals surface area contributed by atoms with Gasteiger partial charge in [-0.05, 0) is 96.1 Å². The third-order valence-corrected chi connectivity index (χ3v) is 7.27. The molecular formula is C33H30N2. The number of fused-ring (bicyclic) bond motifs is 3. The van der Waals surface area contributed by atoms with Crippen LogP contribution in [0.3, 0.4) is 0 Å². The van der Waals surface area contributed by atoms with E-state index >= 15 is 0 Å². The van der Waals surface area contributed by atoms with E-state index in [9.17, 15) is 0 Å². The second-order valence-electron chi connectivity index (χ2n) is 9.93. The van der Waals surface area contributed by atoms with E-state index in [2.05, 4.69) is 129 Å². The van der Waals surface area contributed by atoms with E-state index in [-0.39, 0.29) is 0 Å². The maximum absolute atomic E-state index is 3.62. The minimum Gasteiger partial charge on any atom is -0.355 e. The van der Waals surface area contributed by atoms with Gasteiger partial charge < -0.3 is 9.88 Å². The van der Waals surface area contributed by atoms with Crippen molar-refractivity contribution in [3.63, 3.8) is 0 Å². The molecule has 35 heavy (non-hydrogen) atoms. The molecule has 6 rings (SSSR count). The van der Waals surface area contributed by atoms with E-state index < -0.39 is 0 Å². The van der Waals surface area contributed by atoms with E-state index in [0.29, 0.717) is 0 Å².